The summed E-state index contributed by atoms with van der Waals surface area (Å²) in [6.45, 7) is 7.55. The summed E-state index contributed by atoms with van der Waals surface area (Å²) < 4.78 is 11.6. The van der Waals surface area contributed by atoms with E-state index in [0.717, 1.165) is 50.8 Å². The maximum Gasteiger partial charge on any atom is 0.119 e. The number of hydrogen-bond donors (Lipinski definition) is 0. The van der Waals surface area contributed by atoms with Gasteiger partial charge in [0.2, 0.25) is 0 Å². The van der Waals surface area contributed by atoms with Crippen molar-refractivity contribution in [3.8, 4) is 5.75 Å². The molecule has 0 unspecified atom stereocenters. The number of piperidine rings is 1. The van der Waals surface area contributed by atoms with Crippen molar-refractivity contribution in [3.05, 3.63) is 29.8 Å². The van der Waals surface area contributed by atoms with Crippen LogP contribution in [-0.2, 0) is 4.74 Å². The molecule has 2 heterocycles. The smallest absolute Gasteiger partial charge is 0.119 e. The molecule has 2 aliphatic heterocycles. The zero-order chi connectivity index (χ0) is 13.8. The van der Waals surface area contributed by atoms with Crippen LogP contribution in [0.25, 0.3) is 0 Å². The van der Waals surface area contributed by atoms with Crippen molar-refractivity contribution in [1.82, 2.24) is 4.90 Å². The van der Waals surface area contributed by atoms with Crippen LogP contribution in [0.15, 0.2) is 24.3 Å². The molecule has 3 heteroatoms. The zero-order valence-corrected chi connectivity index (χ0v) is 12.4. The predicted molar refractivity (Wildman–Crippen MR) is 80.2 cm³/mol. The van der Waals surface area contributed by atoms with Crippen LogP contribution in [0.3, 0.4) is 0 Å². The number of hydrogen-bond acceptors (Lipinski definition) is 3. The van der Waals surface area contributed by atoms with Gasteiger partial charge < -0.3 is 14.4 Å². The Balaban J connectivity index is 1.43. The number of nitrogens with zero attached hydrogens (tertiary/aromatic N) is 1. The van der Waals surface area contributed by atoms with Crippen molar-refractivity contribution in [3.63, 3.8) is 0 Å². The number of likely N-dealkylation sites (tertiary alicyclic amines) is 1. The fourth-order valence-electron chi connectivity index (χ4n) is 3.18. The van der Waals surface area contributed by atoms with Crippen LogP contribution < -0.4 is 4.74 Å². The van der Waals surface area contributed by atoms with Crippen LogP contribution in [0, 0.1) is 12.8 Å². The lowest BCUT2D eigenvalue weighted by molar-refractivity contribution is 0.0880. The van der Waals surface area contributed by atoms with E-state index in [1.807, 2.05) is 0 Å². The molecule has 1 aromatic rings. The third kappa shape index (κ3) is 3.74. The van der Waals surface area contributed by atoms with E-state index in [0.29, 0.717) is 6.10 Å². The summed E-state index contributed by atoms with van der Waals surface area (Å²) in [5, 5.41) is 0. The maximum absolute atomic E-state index is 6.10. The first-order valence-corrected chi connectivity index (χ1v) is 7.83. The molecule has 0 aromatic heterocycles. The van der Waals surface area contributed by atoms with Crippen LogP contribution in [0.5, 0.6) is 5.75 Å². The number of benzene rings is 1. The van der Waals surface area contributed by atoms with Gasteiger partial charge in [-0.3, -0.25) is 0 Å². The summed E-state index contributed by atoms with van der Waals surface area (Å²) in [6.07, 6.45) is 3.90. The molecule has 20 heavy (non-hydrogen) atoms. The first-order valence-electron chi connectivity index (χ1n) is 7.83. The predicted octanol–water partition coefficient (Wildman–Crippen LogP) is 2.87. The van der Waals surface area contributed by atoms with Crippen LogP contribution in [0.1, 0.15) is 24.8 Å². The first-order chi connectivity index (χ1) is 9.79. The van der Waals surface area contributed by atoms with Crippen molar-refractivity contribution in [2.75, 3.05) is 32.8 Å². The summed E-state index contributed by atoms with van der Waals surface area (Å²) in [4.78, 5) is 2.58. The zero-order valence-electron chi connectivity index (χ0n) is 12.4. The van der Waals surface area contributed by atoms with Gasteiger partial charge in [0.05, 0.1) is 6.61 Å². The average molecular weight is 275 g/mol. The maximum atomic E-state index is 6.10. The summed E-state index contributed by atoms with van der Waals surface area (Å²) in [5.74, 6) is 1.77. The molecule has 1 atom stereocenters. The standard InChI is InChI=1S/C17H25NO2/c1-14-3-2-4-17(11-14)20-16-5-8-18(9-6-16)12-15-7-10-19-13-15/h2-4,11,15-16H,5-10,12-13H2,1H3/t15-/m1/s1. The minimum Gasteiger partial charge on any atom is -0.490 e. The van der Waals surface area contributed by atoms with Gasteiger partial charge >= 0.3 is 0 Å². The molecule has 1 aromatic carbocycles. The van der Waals surface area contributed by atoms with E-state index in [1.54, 1.807) is 0 Å². The Labute approximate surface area is 121 Å². The van der Waals surface area contributed by atoms with Crippen molar-refractivity contribution in [1.29, 1.82) is 0 Å². The molecule has 0 aliphatic carbocycles. The molecule has 0 spiro atoms. The van der Waals surface area contributed by atoms with Crippen LogP contribution >= 0.6 is 0 Å². The van der Waals surface area contributed by atoms with Gasteiger partial charge in [0, 0.05) is 26.2 Å². The van der Waals surface area contributed by atoms with E-state index in [1.165, 1.54) is 18.5 Å². The fraction of sp³-hybridized carbons (Fsp3) is 0.647. The van der Waals surface area contributed by atoms with Gasteiger partial charge in [-0.1, -0.05) is 12.1 Å². The second-order valence-electron chi connectivity index (χ2n) is 6.16. The normalized spacial score (nSPS) is 24.9. The lowest BCUT2D eigenvalue weighted by atomic mass is 10.0. The Morgan fingerprint density at radius 1 is 1.25 bits per heavy atom. The topological polar surface area (TPSA) is 21.7 Å². The SMILES string of the molecule is Cc1cccc(OC2CCN(C[C@H]3CCOC3)CC2)c1. The lowest BCUT2D eigenvalue weighted by Crippen LogP contribution is -2.40. The van der Waals surface area contributed by atoms with E-state index < -0.39 is 0 Å². The van der Waals surface area contributed by atoms with Gasteiger partial charge in [-0.05, 0) is 49.8 Å². The van der Waals surface area contributed by atoms with E-state index in [9.17, 15) is 0 Å². The molecule has 2 aliphatic rings. The van der Waals surface area contributed by atoms with Crippen LogP contribution in [-0.4, -0.2) is 43.9 Å². The van der Waals surface area contributed by atoms with E-state index in [-0.39, 0.29) is 0 Å². The summed E-state index contributed by atoms with van der Waals surface area (Å²) in [7, 11) is 0. The highest BCUT2D eigenvalue weighted by atomic mass is 16.5. The first kappa shape index (κ1) is 13.9. The largest absolute Gasteiger partial charge is 0.490 e. The van der Waals surface area contributed by atoms with Gasteiger partial charge in [-0.15, -0.1) is 0 Å². The molecule has 0 saturated carbocycles. The van der Waals surface area contributed by atoms with Crippen LogP contribution in [0.2, 0.25) is 0 Å². The number of ether oxygens (including phenoxy) is 2. The second kappa shape index (κ2) is 6.59. The monoisotopic (exact) mass is 275 g/mol. The van der Waals surface area contributed by atoms with Gasteiger partial charge in [-0.2, -0.15) is 0 Å². The number of rotatable bonds is 4. The molecule has 0 N–H and O–H groups in total. The van der Waals surface area contributed by atoms with E-state index in [2.05, 4.69) is 36.1 Å². The highest BCUT2D eigenvalue weighted by Gasteiger charge is 2.24. The molecule has 3 nitrogen and oxygen atoms in total. The third-order valence-electron chi connectivity index (χ3n) is 4.37. The quantitative estimate of drug-likeness (QED) is 0.843. The molecule has 3 rings (SSSR count). The molecule has 110 valence electrons. The molecular weight excluding hydrogens is 250 g/mol. The Kier molecular flexibility index (Phi) is 4.58. The third-order valence-corrected chi connectivity index (χ3v) is 4.37. The molecule has 0 bridgehead atoms. The van der Waals surface area contributed by atoms with Gasteiger partial charge in [0.25, 0.3) is 0 Å². The van der Waals surface area contributed by atoms with Crippen molar-refractivity contribution in [2.24, 2.45) is 5.92 Å². The van der Waals surface area contributed by atoms with E-state index in [4.69, 9.17) is 9.47 Å². The minimum atomic E-state index is 0.382. The summed E-state index contributed by atoms with van der Waals surface area (Å²) >= 11 is 0. The Morgan fingerprint density at radius 2 is 2.10 bits per heavy atom. The van der Waals surface area contributed by atoms with Gasteiger partial charge in [0.15, 0.2) is 0 Å². The molecule has 0 amide bonds. The highest BCUT2D eigenvalue weighted by molar-refractivity contribution is 5.27. The summed E-state index contributed by atoms with van der Waals surface area (Å²) in [5.41, 5.74) is 1.26. The van der Waals surface area contributed by atoms with Crippen molar-refractivity contribution >= 4 is 0 Å². The Morgan fingerprint density at radius 3 is 2.80 bits per heavy atom. The lowest BCUT2D eigenvalue weighted by Gasteiger charge is -2.33. The second-order valence-corrected chi connectivity index (χ2v) is 6.16. The van der Waals surface area contributed by atoms with Crippen molar-refractivity contribution in [2.45, 2.75) is 32.3 Å². The van der Waals surface area contributed by atoms with Gasteiger partial charge in [0.1, 0.15) is 11.9 Å². The number of aryl methyl sites for hydroxylation is 1. The molecular formula is C17H25NO2. The minimum absolute atomic E-state index is 0.382. The molecule has 2 saturated heterocycles. The van der Waals surface area contributed by atoms with Crippen molar-refractivity contribution < 1.29 is 9.47 Å². The highest BCUT2D eigenvalue weighted by Crippen LogP contribution is 2.21. The molecule has 0 radical (unpaired) electrons. The average Bonchev–Trinajstić information content (AvgIpc) is 2.94. The Hall–Kier alpha value is -1.06. The van der Waals surface area contributed by atoms with Gasteiger partial charge in [-0.25, -0.2) is 0 Å². The fourth-order valence-corrected chi connectivity index (χ4v) is 3.18. The Bertz CT molecular complexity index is 421. The van der Waals surface area contributed by atoms with Crippen LogP contribution in [0.4, 0.5) is 0 Å². The summed E-state index contributed by atoms with van der Waals surface area (Å²) in [6, 6.07) is 8.37. The molecule has 2 fully saturated rings. The van der Waals surface area contributed by atoms with E-state index >= 15 is 0 Å².